The molecule has 20 heavy (non-hydrogen) atoms. The Kier molecular flexibility index (Phi) is 4.57. The van der Waals surface area contributed by atoms with Crippen molar-refractivity contribution in [3.8, 4) is 0 Å². The summed E-state index contributed by atoms with van der Waals surface area (Å²) in [5.41, 5.74) is -0.588. The summed E-state index contributed by atoms with van der Waals surface area (Å²) >= 11 is 0. The number of anilines is 1. The van der Waals surface area contributed by atoms with Gasteiger partial charge < -0.3 is 10.4 Å². The van der Waals surface area contributed by atoms with Crippen LogP contribution in [0.1, 0.15) is 49.4 Å². The van der Waals surface area contributed by atoms with E-state index in [9.17, 15) is 13.6 Å². The first-order chi connectivity index (χ1) is 9.51. The molecule has 0 saturated heterocycles. The summed E-state index contributed by atoms with van der Waals surface area (Å²) in [7, 11) is 0. The second kappa shape index (κ2) is 6.20. The minimum absolute atomic E-state index is 0.0532. The summed E-state index contributed by atoms with van der Waals surface area (Å²) in [5, 5.41) is 11.6. The van der Waals surface area contributed by atoms with E-state index in [1.807, 2.05) is 0 Å². The molecule has 0 aromatic heterocycles. The van der Waals surface area contributed by atoms with E-state index in [2.05, 4.69) is 12.2 Å². The van der Waals surface area contributed by atoms with Crippen LogP contribution in [-0.2, 0) is 0 Å². The Morgan fingerprint density at radius 1 is 1.25 bits per heavy atom. The molecule has 1 saturated carbocycles. The number of carbonyl (C=O) groups is 1. The van der Waals surface area contributed by atoms with Crippen molar-refractivity contribution in [1.29, 1.82) is 0 Å². The molecule has 110 valence electrons. The Bertz CT molecular complexity index is 474. The summed E-state index contributed by atoms with van der Waals surface area (Å²) in [5.74, 6) is -2.32. The van der Waals surface area contributed by atoms with Gasteiger partial charge in [0.2, 0.25) is 0 Å². The standard InChI is InChI=1S/C15H19F2NO2/c1-2-9-3-5-11(6-4-9)18-14-12(16)7-10(15(19)20)8-13(14)17/h7-9,11,18H,2-6H2,1H3,(H,19,20). The zero-order valence-electron chi connectivity index (χ0n) is 11.5. The summed E-state index contributed by atoms with van der Waals surface area (Å²) in [6.07, 6.45) is 5.04. The molecule has 0 radical (unpaired) electrons. The van der Waals surface area contributed by atoms with Gasteiger partial charge in [-0.3, -0.25) is 0 Å². The maximum absolute atomic E-state index is 13.8. The zero-order valence-corrected chi connectivity index (χ0v) is 11.5. The minimum Gasteiger partial charge on any atom is -0.478 e. The van der Waals surface area contributed by atoms with E-state index >= 15 is 0 Å². The van der Waals surface area contributed by atoms with Crippen molar-refractivity contribution in [2.45, 2.75) is 45.1 Å². The second-order valence-electron chi connectivity index (χ2n) is 5.39. The van der Waals surface area contributed by atoms with Crippen LogP contribution in [0.5, 0.6) is 0 Å². The van der Waals surface area contributed by atoms with E-state index < -0.39 is 17.6 Å². The van der Waals surface area contributed by atoms with Crippen molar-refractivity contribution in [2.24, 2.45) is 5.92 Å². The molecule has 1 aromatic carbocycles. The molecule has 0 bridgehead atoms. The smallest absolute Gasteiger partial charge is 0.335 e. The molecule has 0 atom stereocenters. The van der Waals surface area contributed by atoms with Crippen LogP contribution in [0.3, 0.4) is 0 Å². The number of nitrogens with one attached hydrogen (secondary N) is 1. The average Bonchev–Trinajstić information content (AvgIpc) is 2.43. The van der Waals surface area contributed by atoms with Gasteiger partial charge in [-0.1, -0.05) is 13.3 Å². The summed E-state index contributed by atoms with van der Waals surface area (Å²) < 4.78 is 27.6. The molecule has 1 aliphatic rings. The first-order valence-electron chi connectivity index (χ1n) is 7.00. The lowest BCUT2D eigenvalue weighted by Gasteiger charge is -2.29. The Labute approximate surface area is 117 Å². The fourth-order valence-corrected chi connectivity index (χ4v) is 2.75. The Morgan fingerprint density at radius 3 is 2.25 bits per heavy atom. The van der Waals surface area contributed by atoms with Gasteiger partial charge in [-0.15, -0.1) is 0 Å². The van der Waals surface area contributed by atoms with Crippen molar-refractivity contribution >= 4 is 11.7 Å². The number of carboxylic acid groups (broad SMARTS) is 1. The van der Waals surface area contributed by atoms with Gasteiger partial charge in [0.05, 0.1) is 5.56 Å². The Balaban J connectivity index is 2.08. The molecule has 0 spiro atoms. The van der Waals surface area contributed by atoms with Gasteiger partial charge in [0, 0.05) is 6.04 Å². The summed E-state index contributed by atoms with van der Waals surface area (Å²) in [4.78, 5) is 10.7. The monoisotopic (exact) mass is 283 g/mol. The molecule has 0 heterocycles. The Hall–Kier alpha value is -1.65. The van der Waals surface area contributed by atoms with Gasteiger partial charge in [-0.25, -0.2) is 13.6 Å². The third-order valence-electron chi connectivity index (χ3n) is 4.06. The first-order valence-corrected chi connectivity index (χ1v) is 7.00. The van der Waals surface area contributed by atoms with Crippen LogP contribution in [0.2, 0.25) is 0 Å². The summed E-state index contributed by atoms with van der Waals surface area (Å²) in [6.45, 7) is 2.16. The predicted molar refractivity (Wildman–Crippen MR) is 73.0 cm³/mol. The molecular weight excluding hydrogens is 264 g/mol. The molecule has 1 aliphatic carbocycles. The molecule has 2 N–H and O–H groups in total. The van der Waals surface area contributed by atoms with Gasteiger partial charge in [0.1, 0.15) is 17.3 Å². The van der Waals surface area contributed by atoms with Gasteiger partial charge in [-0.05, 0) is 43.7 Å². The molecule has 1 fully saturated rings. The minimum atomic E-state index is -1.34. The topological polar surface area (TPSA) is 49.3 Å². The lowest BCUT2D eigenvalue weighted by atomic mass is 9.84. The molecule has 0 amide bonds. The highest BCUT2D eigenvalue weighted by Crippen LogP contribution is 2.30. The van der Waals surface area contributed by atoms with E-state index in [4.69, 9.17) is 5.11 Å². The van der Waals surface area contributed by atoms with Gasteiger partial charge in [-0.2, -0.15) is 0 Å². The van der Waals surface area contributed by atoms with E-state index in [-0.39, 0.29) is 17.3 Å². The average molecular weight is 283 g/mol. The molecular formula is C15H19F2NO2. The number of aromatic carboxylic acids is 1. The molecule has 0 unspecified atom stereocenters. The molecule has 0 aliphatic heterocycles. The van der Waals surface area contributed by atoms with Crippen LogP contribution >= 0.6 is 0 Å². The fraction of sp³-hybridized carbons (Fsp3) is 0.533. The van der Waals surface area contributed by atoms with E-state index in [0.29, 0.717) is 5.92 Å². The third kappa shape index (κ3) is 3.26. The highest BCUT2D eigenvalue weighted by atomic mass is 19.1. The lowest BCUT2D eigenvalue weighted by Crippen LogP contribution is -2.27. The second-order valence-corrected chi connectivity index (χ2v) is 5.39. The zero-order chi connectivity index (χ0) is 14.7. The molecule has 3 nitrogen and oxygen atoms in total. The third-order valence-corrected chi connectivity index (χ3v) is 4.06. The van der Waals surface area contributed by atoms with E-state index in [1.54, 1.807) is 0 Å². The maximum atomic E-state index is 13.8. The maximum Gasteiger partial charge on any atom is 0.335 e. The van der Waals surface area contributed by atoms with E-state index in [1.165, 1.54) is 0 Å². The van der Waals surface area contributed by atoms with Crippen LogP contribution in [-0.4, -0.2) is 17.1 Å². The van der Waals surface area contributed by atoms with Crippen LogP contribution in [0.25, 0.3) is 0 Å². The molecule has 5 heteroatoms. The lowest BCUT2D eigenvalue weighted by molar-refractivity contribution is 0.0696. The van der Waals surface area contributed by atoms with Crippen molar-refractivity contribution in [1.82, 2.24) is 0 Å². The van der Waals surface area contributed by atoms with Crippen LogP contribution < -0.4 is 5.32 Å². The predicted octanol–water partition coefficient (Wildman–Crippen LogP) is 4.04. The highest BCUT2D eigenvalue weighted by molar-refractivity contribution is 5.88. The van der Waals surface area contributed by atoms with Crippen LogP contribution in [0.15, 0.2) is 12.1 Å². The van der Waals surface area contributed by atoms with Crippen molar-refractivity contribution < 1.29 is 18.7 Å². The van der Waals surface area contributed by atoms with Crippen LogP contribution in [0.4, 0.5) is 14.5 Å². The fourth-order valence-electron chi connectivity index (χ4n) is 2.75. The normalized spacial score (nSPS) is 22.6. The van der Waals surface area contributed by atoms with Crippen molar-refractivity contribution in [3.63, 3.8) is 0 Å². The van der Waals surface area contributed by atoms with Crippen molar-refractivity contribution in [2.75, 3.05) is 5.32 Å². The molecule has 2 rings (SSSR count). The number of hydrogen-bond donors (Lipinski definition) is 2. The molecule has 1 aromatic rings. The Morgan fingerprint density at radius 2 is 1.80 bits per heavy atom. The highest BCUT2D eigenvalue weighted by Gasteiger charge is 2.22. The van der Waals surface area contributed by atoms with Gasteiger partial charge in [0.25, 0.3) is 0 Å². The number of benzene rings is 1. The number of halogens is 2. The SMILES string of the molecule is CCC1CCC(Nc2c(F)cc(C(=O)O)cc2F)CC1. The number of carboxylic acids is 1. The first kappa shape index (κ1) is 14.8. The van der Waals surface area contributed by atoms with Crippen molar-refractivity contribution in [3.05, 3.63) is 29.3 Å². The van der Waals surface area contributed by atoms with Crippen LogP contribution in [0, 0.1) is 17.6 Å². The quantitative estimate of drug-likeness (QED) is 0.876. The largest absolute Gasteiger partial charge is 0.478 e. The number of rotatable bonds is 4. The van der Waals surface area contributed by atoms with Gasteiger partial charge in [0.15, 0.2) is 0 Å². The van der Waals surface area contributed by atoms with Gasteiger partial charge >= 0.3 is 5.97 Å². The number of hydrogen-bond acceptors (Lipinski definition) is 2. The summed E-state index contributed by atoms with van der Waals surface area (Å²) in [6, 6.07) is 1.76. The van der Waals surface area contributed by atoms with E-state index in [0.717, 1.165) is 44.2 Å².